The molecule has 96 valence electrons. The minimum atomic E-state index is 0.0283. The molecule has 0 radical (unpaired) electrons. The van der Waals surface area contributed by atoms with E-state index in [-0.39, 0.29) is 11.9 Å². The molecule has 0 saturated carbocycles. The van der Waals surface area contributed by atoms with Gasteiger partial charge in [0.1, 0.15) is 5.76 Å². The van der Waals surface area contributed by atoms with E-state index in [1.807, 2.05) is 12.1 Å². The summed E-state index contributed by atoms with van der Waals surface area (Å²) in [6, 6.07) is 3.74. The van der Waals surface area contributed by atoms with Crippen molar-refractivity contribution in [2.24, 2.45) is 11.7 Å². The summed E-state index contributed by atoms with van der Waals surface area (Å²) in [6.45, 7) is 4.80. The number of aryl methyl sites for hydroxylation is 1. The highest BCUT2D eigenvalue weighted by Crippen LogP contribution is 2.04. The number of nitrogens with one attached hydrogen (secondary N) is 1. The molecule has 1 aromatic heterocycles. The second kappa shape index (κ2) is 7.12. The van der Waals surface area contributed by atoms with Gasteiger partial charge in [-0.25, -0.2) is 0 Å². The Morgan fingerprint density at radius 1 is 1.53 bits per heavy atom. The van der Waals surface area contributed by atoms with E-state index in [2.05, 4.69) is 19.2 Å². The Bertz CT molecular complexity index is 320. The number of nitrogens with two attached hydrogens (primary N) is 1. The van der Waals surface area contributed by atoms with Crippen LogP contribution in [0.15, 0.2) is 22.8 Å². The van der Waals surface area contributed by atoms with Gasteiger partial charge in [0, 0.05) is 25.4 Å². The Morgan fingerprint density at radius 3 is 2.88 bits per heavy atom. The van der Waals surface area contributed by atoms with Gasteiger partial charge in [0.05, 0.1) is 6.26 Å². The maximum atomic E-state index is 11.5. The van der Waals surface area contributed by atoms with Crippen molar-refractivity contribution in [3.63, 3.8) is 0 Å². The first-order valence-corrected chi connectivity index (χ1v) is 6.12. The Morgan fingerprint density at radius 2 is 2.29 bits per heavy atom. The molecule has 0 aliphatic rings. The fourth-order valence-electron chi connectivity index (χ4n) is 1.71. The standard InChI is InChI=1S/C13H22N2O2/c1-10(2)8-11(14)9-15-13(16)6-5-12-4-3-7-17-12/h3-4,7,10-11H,5-6,8-9,14H2,1-2H3,(H,15,16). The summed E-state index contributed by atoms with van der Waals surface area (Å²) in [7, 11) is 0. The van der Waals surface area contributed by atoms with E-state index in [1.165, 1.54) is 0 Å². The van der Waals surface area contributed by atoms with Crippen LogP contribution in [0.4, 0.5) is 0 Å². The lowest BCUT2D eigenvalue weighted by Crippen LogP contribution is -2.38. The molecule has 1 unspecified atom stereocenters. The number of amides is 1. The van der Waals surface area contributed by atoms with Crippen molar-refractivity contribution < 1.29 is 9.21 Å². The summed E-state index contributed by atoms with van der Waals surface area (Å²) in [5.74, 6) is 1.43. The van der Waals surface area contributed by atoms with Crippen LogP contribution >= 0.6 is 0 Å². The number of furan rings is 1. The van der Waals surface area contributed by atoms with Crippen LogP contribution in [0.25, 0.3) is 0 Å². The average Bonchev–Trinajstić information content (AvgIpc) is 2.75. The molecule has 17 heavy (non-hydrogen) atoms. The van der Waals surface area contributed by atoms with E-state index >= 15 is 0 Å². The van der Waals surface area contributed by atoms with Crippen LogP contribution in [0.3, 0.4) is 0 Å². The first-order valence-electron chi connectivity index (χ1n) is 6.12. The van der Waals surface area contributed by atoms with Gasteiger partial charge in [-0.15, -0.1) is 0 Å². The van der Waals surface area contributed by atoms with Crippen LogP contribution < -0.4 is 11.1 Å². The minimum absolute atomic E-state index is 0.0283. The monoisotopic (exact) mass is 238 g/mol. The van der Waals surface area contributed by atoms with Crippen LogP contribution in [0.2, 0.25) is 0 Å². The van der Waals surface area contributed by atoms with E-state index in [0.29, 0.717) is 25.3 Å². The Hall–Kier alpha value is -1.29. The Labute approximate surface area is 103 Å². The number of carbonyl (C=O) groups excluding carboxylic acids is 1. The highest BCUT2D eigenvalue weighted by atomic mass is 16.3. The number of carbonyl (C=O) groups is 1. The molecule has 1 atom stereocenters. The molecule has 0 aromatic carbocycles. The van der Waals surface area contributed by atoms with Crippen molar-refractivity contribution >= 4 is 5.91 Å². The van der Waals surface area contributed by atoms with Gasteiger partial charge in [-0.3, -0.25) is 4.79 Å². The minimum Gasteiger partial charge on any atom is -0.469 e. The first kappa shape index (κ1) is 13.8. The van der Waals surface area contributed by atoms with Crippen LogP contribution in [0.1, 0.15) is 32.4 Å². The zero-order valence-electron chi connectivity index (χ0n) is 10.6. The Kier molecular flexibility index (Phi) is 5.77. The topological polar surface area (TPSA) is 68.3 Å². The molecule has 0 aliphatic carbocycles. The van der Waals surface area contributed by atoms with E-state index in [0.717, 1.165) is 12.2 Å². The maximum Gasteiger partial charge on any atom is 0.220 e. The number of rotatable bonds is 7. The third-order valence-electron chi connectivity index (χ3n) is 2.51. The predicted octanol–water partition coefficient (Wildman–Crippen LogP) is 1.70. The van der Waals surface area contributed by atoms with Crippen LogP contribution in [0.5, 0.6) is 0 Å². The second-order valence-electron chi connectivity index (χ2n) is 4.77. The molecule has 0 bridgehead atoms. The lowest BCUT2D eigenvalue weighted by Gasteiger charge is -2.14. The molecule has 1 aromatic rings. The van der Waals surface area contributed by atoms with Crippen molar-refractivity contribution in [2.75, 3.05) is 6.54 Å². The first-order chi connectivity index (χ1) is 8.08. The van der Waals surface area contributed by atoms with Gasteiger partial charge >= 0.3 is 0 Å². The summed E-state index contributed by atoms with van der Waals surface area (Å²) in [5.41, 5.74) is 5.88. The third-order valence-corrected chi connectivity index (χ3v) is 2.51. The highest BCUT2D eigenvalue weighted by molar-refractivity contribution is 5.76. The molecule has 1 amide bonds. The van der Waals surface area contributed by atoms with Gasteiger partial charge in [0.25, 0.3) is 0 Å². The zero-order valence-corrected chi connectivity index (χ0v) is 10.6. The largest absolute Gasteiger partial charge is 0.469 e. The van der Waals surface area contributed by atoms with Crippen molar-refractivity contribution in [2.45, 2.75) is 39.2 Å². The molecule has 1 heterocycles. The molecule has 0 spiro atoms. The fraction of sp³-hybridized carbons (Fsp3) is 0.615. The van der Waals surface area contributed by atoms with E-state index < -0.39 is 0 Å². The average molecular weight is 238 g/mol. The van der Waals surface area contributed by atoms with Crippen molar-refractivity contribution in [1.29, 1.82) is 0 Å². The number of hydrogen-bond acceptors (Lipinski definition) is 3. The molecule has 4 heteroatoms. The van der Waals surface area contributed by atoms with Gasteiger partial charge in [0.2, 0.25) is 5.91 Å². The molecule has 0 aliphatic heterocycles. The lowest BCUT2D eigenvalue weighted by atomic mass is 10.0. The van der Waals surface area contributed by atoms with Crippen LogP contribution in [-0.4, -0.2) is 18.5 Å². The van der Waals surface area contributed by atoms with Gasteiger partial charge in [-0.1, -0.05) is 13.8 Å². The SMILES string of the molecule is CC(C)CC(N)CNC(=O)CCc1ccco1. The summed E-state index contributed by atoms with van der Waals surface area (Å²) in [6.07, 6.45) is 3.63. The Balaban J connectivity index is 2.13. The van der Waals surface area contributed by atoms with Crippen molar-refractivity contribution in [3.8, 4) is 0 Å². The zero-order chi connectivity index (χ0) is 12.7. The normalized spacial score (nSPS) is 12.7. The summed E-state index contributed by atoms with van der Waals surface area (Å²) in [4.78, 5) is 11.5. The van der Waals surface area contributed by atoms with Crippen molar-refractivity contribution in [1.82, 2.24) is 5.32 Å². The lowest BCUT2D eigenvalue weighted by molar-refractivity contribution is -0.121. The smallest absolute Gasteiger partial charge is 0.220 e. The van der Waals surface area contributed by atoms with E-state index in [4.69, 9.17) is 10.2 Å². The molecule has 3 N–H and O–H groups in total. The van der Waals surface area contributed by atoms with E-state index in [1.54, 1.807) is 6.26 Å². The molecule has 4 nitrogen and oxygen atoms in total. The quantitative estimate of drug-likeness (QED) is 0.759. The summed E-state index contributed by atoms with van der Waals surface area (Å²) < 4.78 is 5.16. The van der Waals surface area contributed by atoms with Gasteiger partial charge in [-0.05, 0) is 24.5 Å². The maximum absolute atomic E-state index is 11.5. The molecular weight excluding hydrogens is 216 g/mol. The summed E-state index contributed by atoms with van der Waals surface area (Å²) in [5, 5.41) is 2.84. The van der Waals surface area contributed by atoms with Crippen LogP contribution in [0, 0.1) is 5.92 Å². The van der Waals surface area contributed by atoms with Gasteiger partial charge < -0.3 is 15.5 Å². The molecule has 0 saturated heterocycles. The van der Waals surface area contributed by atoms with Gasteiger partial charge in [0.15, 0.2) is 0 Å². The predicted molar refractivity (Wildman–Crippen MR) is 67.5 cm³/mol. The van der Waals surface area contributed by atoms with Crippen molar-refractivity contribution in [3.05, 3.63) is 24.2 Å². The third kappa shape index (κ3) is 6.12. The highest BCUT2D eigenvalue weighted by Gasteiger charge is 2.08. The fourth-order valence-corrected chi connectivity index (χ4v) is 1.71. The van der Waals surface area contributed by atoms with E-state index in [9.17, 15) is 4.79 Å². The van der Waals surface area contributed by atoms with Gasteiger partial charge in [-0.2, -0.15) is 0 Å². The molecule has 1 rings (SSSR count). The second-order valence-corrected chi connectivity index (χ2v) is 4.77. The molecular formula is C13H22N2O2. The summed E-state index contributed by atoms with van der Waals surface area (Å²) >= 11 is 0. The van der Waals surface area contributed by atoms with Crippen LogP contribution in [-0.2, 0) is 11.2 Å². The molecule has 0 fully saturated rings. The number of hydrogen-bond donors (Lipinski definition) is 2.